The number of allylic oxidation sites excluding steroid dienone is 2. The van der Waals surface area contributed by atoms with E-state index in [1.807, 2.05) is 67.6 Å². The van der Waals surface area contributed by atoms with Gasteiger partial charge in [0, 0.05) is 47.2 Å². The summed E-state index contributed by atoms with van der Waals surface area (Å²) >= 11 is 1.69. The van der Waals surface area contributed by atoms with Crippen molar-refractivity contribution in [2.24, 2.45) is 5.92 Å². The first-order chi connectivity index (χ1) is 21.0. The summed E-state index contributed by atoms with van der Waals surface area (Å²) < 4.78 is 0. The van der Waals surface area contributed by atoms with E-state index in [0.29, 0.717) is 23.8 Å². The van der Waals surface area contributed by atoms with Crippen molar-refractivity contribution in [2.75, 3.05) is 35.6 Å². The molecule has 1 heterocycles. The van der Waals surface area contributed by atoms with Crippen molar-refractivity contribution in [1.82, 2.24) is 5.32 Å². The van der Waals surface area contributed by atoms with E-state index in [4.69, 9.17) is 0 Å². The molecule has 3 aromatic rings. The Morgan fingerprint density at radius 1 is 0.977 bits per heavy atom. The molecule has 2 N–H and O–H groups in total. The largest absolute Gasteiger partial charge is 0.372 e. The smallest absolute Gasteiger partial charge is 0.255 e. The molecule has 0 aliphatic carbocycles. The van der Waals surface area contributed by atoms with Crippen molar-refractivity contribution in [3.63, 3.8) is 0 Å². The van der Waals surface area contributed by atoms with Gasteiger partial charge in [0.2, 0.25) is 5.91 Å². The van der Waals surface area contributed by atoms with Crippen LogP contribution < -0.4 is 15.5 Å². The van der Waals surface area contributed by atoms with E-state index in [1.165, 1.54) is 0 Å². The van der Waals surface area contributed by atoms with E-state index < -0.39 is 0 Å². The molecule has 1 aliphatic rings. The lowest BCUT2D eigenvalue weighted by atomic mass is 9.79. The van der Waals surface area contributed by atoms with Crippen LogP contribution in [-0.4, -0.2) is 37.2 Å². The van der Waals surface area contributed by atoms with Gasteiger partial charge in [-0.15, -0.1) is 11.8 Å². The molecule has 224 valence electrons. The molecule has 5 nitrogen and oxygen atoms in total. The third-order valence-electron chi connectivity index (χ3n) is 7.79. The number of nitrogens with one attached hydrogen (secondary N) is 2. The number of thioether (sulfide) groups is 1. The predicted octanol–water partition coefficient (Wildman–Crippen LogP) is 8.00. The Balaban J connectivity index is 1.38. The molecule has 0 radical (unpaired) electrons. The van der Waals surface area contributed by atoms with Crippen LogP contribution in [0.4, 0.5) is 11.4 Å². The minimum absolute atomic E-state index is 0.127. The highest BCUT2D eigenvalue weighted by Crippen LogP contribution is 2.35. The van der Waals surface area contributed by atoms with Crippen molar-refractivity contribution >= 4 is 35.0 Å². The summed E-state index contributed by atoms with van der Waals surface area (Å²) in [4.78, 5) is 29.9. The van der Waals surface area contributed by atoms with E-state index in [-0.39, 0.29) is 17.7 Å². The molecule has 1 fully saturated rings. The van der Waals surface area contributed by atoms with E-state index in [1.54, 1.807) is 17.8 Å². The summed E-state index contributed by atoms with van der Waals surface area (Å²) in [5.74, 6) is 0.806. The molecule has 43 heavy (non-hydrogen) atoms. The molecular weight excluding hydrogens is 550 g/mol. The number of piperidine rings is 1. The molecule has 1 unspecified atom stereocenters. The van der Waals surface area contributed by atoms with Crippen LogP contribution in [0.25, 0.3) is 0 Å². The number of amides is 2. The van der Waals surface area contributed by atoms with Gasteiger partial charge in [-0.3, -0.25) is 9.59 Å². The standard InChI is InChI=1S/C37H43N3O2S/c1-4-13-30(27-43-33-16-11-8-12-17-33)34(6-3)36(41)39-31-18-20-32(21-19-31)40-25-22-29(23-26-40)35(37(42)38-24-5-2)28-14-9-7-10-15-28/h4,6-21,29,35H,3,5,22-27H2,1-2H3,(H,38,42)(H,39,41)/b13-4-,34-30-. The third kappa shape index (κ3) is 8.98. The molecule has 0 bridgehead atoms. The Labute approximate surface area is 261 Å². The number of nitrogens with zero attached hydrogens (tertiary/aromatic N) is 1. The van der Waals surface area contributed by atoms with Gasteiger partial charge < -0.3 is 15.5 Å². The minimum atomic E-state index is -0.168. The summed E-state index contributed by atoms with van der Waals surface area (Å²) in [5.41, 5.74) is 4.47. The molecule has 0 aromatic heterocycles. The second kappa shape index (κ2) is 16.6. The zero-order chi connectivity index (χ0) is 30.4. The van der Waals surface area contributed by atoms with E-state index in [9.17, 15) is 9.59 Å². The third-order valence-corrected chi connectivity index (χ3v) is 8.85. The molecule has 6 heteroatoms. The van der Waals surface area contributed by atoms with Crippen molar-refractivity contribution in [3.8, 4) is 0 Å². The Morgan fingerprint density at radius 2 is 1.63 bits per heavy atom. The Kier molecular flexibility index (Phi) is 12.3. The SMILES string of the molecule is C=C/C(C(=O)Nc1ccc(N2CCC(C(C(=O)NCCC)c3ccccc3)CC2)cc1)=C(\C=C/C)CSc1ccccc1. The lowest BCUT2D eigenvalue weighted by molar-refractivity contribution is -0.124. The van der Waals surface area contributed by atoms with E-state index >= 15 is 0 Å². The molecule has 0 spiro atoms. The molecular formula is C37H43N3O2S. The van der Waals surface area contributed by atoms with Crippen molar-refractivity contribution in [3.05, 3.63) is 126 Å². The van der Waals surface area contributed by atoms with Crippen LogP contribution in [0.3, 0.4) is 0 Å². The molecule has 1 aliphatic heterocycles. The maximum atomic E-state index is 13.3. The zero-order valence-electron chi connectivity index (χ0n) is 25.3. The van der Waals surface area contributed by atoms with Gasteiger partial charge in [-0.2, -0.15) is 0 Å². The summed E-state index contributed by atoms with van der Waals surface area (Å²) in [5, 5.41) is 6.19. The molecule has 4 rings (SSSR count). The molecule has 2 amide bonds. The van der Waals surface area contributed by atoms with Gasteiger partial charge in [-0.1, -0.05) is 80.3 Å². The maximum absolute atomic E-state index is 13.3. The fourth-order valence-corrected chi connectivity index (χ4v) is 6.49. The van der Waals surface area contributed by atoms with Gasteiger partial charge in [0.25, 0.3) is 5.91 Å². The average Bonchev–Trinajstić information content (AvgIpc) is 3.05. The highest BCUT2D eigenvalue weighted by molar-refractivity contribution is 7.99. The van der Waals surface area contributed by atoms with Crippen LogP contribution in [0.1, 0.15) is 44.6 Å². The monoisotopic (exact) mass is 593 g/mol. The molecule has 3 aromatic carbocycles. The number of hydrogen-bond acceptors (Lipinski definition) is 4. The molecule has 0 saturated carbocycles. The maximum Gasteiger partial charge on any atom is 0.255 e. The highest BCUT2D eigenvalue weighted by atomic mass is 32.2. The number of carbonyl (C=O) groups excluding carboxylic acids is 2. The van der Waals surface area contributed by atoms with Gasteiger partial charge in [-0.05, 0) is 79.6 Å². The fraction of sp³-hybridized carbons (Fsp3) is 0.297. The van der Waals surface area contributed by atoms with Crippen LogP contribution in [0, 0.1) is 5.92 Å². The molecule has 1 atom stereocenters. The Bertz CT molecular complexity index is 1390. The zero-order valence-corrected chi connectivity index (χ0v) is 26.1. The Hall–Kier alpha value is -4.03. The number of anilines is 2. The van der Waals surface area contributed by atoms with Crippen LogP contribution in [0.2, 0.25) is 0 Å². The second-order valence-corrected chi connectivity index (χ2v) is 11.8. The van der Waals surface area contributed by atoms with E-state index in [0.717, 1.165) is 59.8 Å². The summed E-state index contributed by atoms with van der Waals surface area (Å²) in [6.45, 7) is 10.4. The van der Waals surface area contributed by atoms with Gasteiger partial charge in [-0.25, -0.2) is 0 Å². The Morgan fingerprint density at radius 3 is 2.23 bits per heavy atom. The van der Waals surface area contributed by atoms with E-state index in [2.05, 4.69) is 65.4 Å². The quantitative estimate of drug-likeness (QED) is 0.120. The summed E-state index contributed by atoms with van der Waals surface area (Å²) in [6, 6.07) is 28.4. The van der Waals surface area contributed by atoms with Crippen molar-refractivity contribution in [2.45, 2.75) is 43.9 Å². The lowest BCUT2D eigenvalue weighted by Gasteiger charge is -2.37. The van der Waals surface area contributed by atoms with Crippen molar-refractivity contribution in [1.29, 1.82) is 0 Å². The molecule has 1 saturated heterocycles. The van der Waals surface area contributed by atoms with Crippen LogP contribution in [0.15, 0.2) is 126 Å². The topological polar surface area (TPSA) is 61.4 Å². The first kappa shape index (κ1) is 31.9. The second-order valence-electron chi connectivity index (χ2n) is 10.7. The lowest BCUT2D eigenvalue weighted by Crippen LogP contribution is -2.40. The number of carbonyl (C=O) groups is 2. The van der Waals surface area contributed by atoms with Gasteiger partial charge in [0.05, 0.1) is 5.92 Å². The van der Waals surface area contributed by atoms with Gasteiger partial charge in [0.15, 0.2) is 0 Å². The number of benzene rings is 3. The van der Waals surface area contributed by atoms with Crippen LogP contribution >= 0.6 is 11.8 Å². The first-order valence-corrected chi connectivity index (χ1v) is 16.2. The predicted molar refractivity (Wildman–Crippen MR) is 182 cm³/mol. The minimum Gasteiger partial charge on any atom is -0.372 e. The first-order valence-electron chi connectivity index (χ1n) is 15.2. The summed E-state index contributed by atoms with van der Waals surface area (Å²) in [7, 11) is 0. The van der Waals surface area contributed by atoms with Crippen LogP contribution in [-0.2, 0) is 9.59 Å². The van der Waals surface area contributed by atoms with Crippen LogP contribution in [0.5, 0.6) is 0 Å². The number of rotatable bonds is 13. The fourth-order valence-electron chi connectivity index (χ4n) is 5.57. The normalized spacial score (nSPS) is 15.1. The average molecular weight is 594 g/mol. The van der Waals surface area contributed by atoms with Crippen molar-refractivity contribution < 1.29 is 9.59 Å². The number of hydrogen-bond donors (Lipinski definition) is 2. The van der Waals surface area contributed by atoms with Gasteiger partial charge >= 0.3 is 0 Å². The highest BCUT2D eigenvalue weighted by Gasteiger charge is 2.32. The summed E-state index contributed by atoms with van der Waals surface area (Å²) in [6.07, 6.45) is 8.39. The van der Waals surface area contributed by atoms with Gasteiger partial charge in [0.1, 0.15) is 0 Å².